The Labute approximate surface area is 239 Å². The molecule has 0 bridgehead atoms. The van der Waals surface area contributed by atoms with E-state index in [9.17, 15) is 19.5 Å². The molecule has 5 atom stereocenters. The lowest BCUT2D eigenvalue weighted by molar-refractivity contribution is -0.132. The lowest BCUT2D eigenvalue weighted by Crippen LogP contribution is -2.49. The number of ether oxygens (including phenoxy) is 2. The SMILES string of the molecule is CCC(NC(=O)C(CC(O)C(N)CC(CNC(=O)c1ccccc1OCCCCOC)C(C)C)C(C)C)C(N)=O. The van der Waals surface area contributed by atoms with Crippen molar-refractivity contribution in [2.75, 3.05) is 26.9 Å². The Hall–Kier alpha value is -2.69. The van der Waals surface area contributed by atoms with Gasteiger partial charge in [-0.25, -0.2) is 0 Å². The van der Waals surface area contributed by atoms with Crippen molar-refractivity contribution in [3.05, 3.63) is 29.8 Å². The van der Waals surface area contributed by atoms with E-state index in [4.69, 9.17) is 20.9 Å². The number of nitrogens with one attached hydrogen (secondary N) is 2. The number of amides is 3. The van der Waals surface area contributed by atoms with Gasteiger partial charge < -0.3 is 36.7 Å². The highest BCUT2D eigenvalue weighted by molar-refractivity contribution is 5.96. The van der Waals surface area contributed by atoms with Crippen molar-refractivity contribution in [2.24, 2.45) is 35.1 Å². The molecule has 1 aromatic rings. The van der Waals surface area contributed by atoms with Crippen molar-refractivity contribution in [1.82, 2.24) is 10.6 Å². The lowest BCUT2D eigenvalue weighted by atomic mass is 9.83. The minimum Gasteiger partial charge on any atom is -0.493 e. The monoisotopic (exact) mass is 564 g/mol. The van der Waals surface area contributed by atoms with E-state index >= 15 is 0 Å². The number of aliphatic hydroxyl groups is 1. The van der Waals surface area contributed by atoms with E-state index in [2.05, 4.69) is 10.6 Å². The lowest BCUT2D eigenvalue weighted by Gasteiger charge is -2.30. The molecule has 0 aliphatic carbocycles. The maximum absolute atomic E-state index is 13.0. The number of rotatable bonds is 20. The van der Waals surface area contributed by atoms with Crippen LogP contribution in [0.3, 0.4) is 0 Å². The third-order valence-corrected chi connectivity index (χ3v) is 7.37. The Morgan fingerprint density at radius 2 is 1.65 bits per heavy atom. The molecule has 5 unspecified atom stereocenters. The van der Waals surface area contributed by atoms with Gasteiger partial charge >= 0.3 is 0 Å². The molecule has 0 heterocycles. The van der Waals surface area contributed by atoms with Crippen LogP contribution in [0.2, 0.25) is 0 Å². The first-order valence-corrected chi connectivity index (χ1v) is 14.4. The van der Waals surface area contributed by atoms with Gasteiger partial charge in [0.15, 0.2) is 0 Å². The summed E-state index contributed by atoms with van der Waals surface area (Å²) in [6, 6.07) is 5.80. The second-order valence-corrected chi connectivity index (χ2v) is 11.2. The first kappa shape index (κ1) is 35.3. The van der Waals surface area contributed by atoms with Gasteiger partial charge in [-0.05, 0) is 62.0 Å². The molecule has 1 aromatic carbocycles. The minimum atomic E-state index is -0.934. The topological polar surface area (TPSA) is 166 Å². The average Bonchev–Trinajstić information content (AvgIpc) is 2.91. The van der Waals surface area contributed by atoms with Crippen molar-refractivity contribution in [3.63, 3.8) is 0 Å². The molecule has 0 saturated carbocycles. The van der Waals surface area contributed by atoms with Crippen LogP contribution < -0.4 is 26.8 Å². The Balaban J connectivity index is 2.76. The molecule has 3 amide bonds. The highest BCUT2D eigenvalue weighted by Crippen LogP contribution is 2.24. The number of para-hydroxylation sites is 1. The second-order valence-electron chi connectivity index (χ2n) is 11.2. The standard InChI is InChI=1S/C30H52N4O6/c1-7-25(28(32)36)34-30(38)23(20(4)5)17-26(35)24(31)16-21(19(2)3)18-33-29(37)22-12-8-9-13-27(22)40-15-11-10-14-39-6/h8-9,12-13,19-21,23-26,35H,7,10-11,14-18,31H2,1-6H3,(H2,32,36)(H,33,37)(H,34,38). The van der Waals surface area contributed by atoms with Gasteiger partial charge in [-0.2, -0.15) is 0 Å². The Morgan fingerprint density at radius 1 is 1.00 bits per heavy atom. The number of primary amides is 1. The van der Waals surface area contributed by atoms with Crippen LogP contribution in [0.1, 0.15) is 77.1 Å². The molecule has 1 rings (SSSR count). The van der Waals surface area contributed by atoms with E-state index in [1.165, 1.54) is 0 Å². The predicted molar refractivity (Wildman–Crippen MR) is 157 cm³/mol. The molecule has 228 valence electrons. The molecule has 0 aliphatic heterocycles. The van der Waals surface area contributed by atoms with E-state index in [0.717, 1.165) is 12.8 Å². The highest BCUT2D eigenvalue weighted by atomic mass is 16.5. The van der Waals surface area contributed by atoms with Gasteiger partial charge in [0.1, 0.15) is 11.8 Å². The third-order valence-electron chi connectivity index (χ3n) is 7.37. The first-order valence-electron chi connectivity index (χ1n) is 14.4. The highest BCUT2D eigenvalue weighted by Gasteiger charge is 2.31. The van der Waals surface area contributed by atoms with Gasteiger partial charge in [-0.1, -0.05) is 46.8 Å². The summed E-state index contributed by atoms with van der Waals surface area (Å²) in [5, 5.41) is 16.6. The summed E-state index contributed by atoms with van der Waals surface area (Å²) < 4.78 is 10.9. The van der Waals surface area contributed by atoms with Gasteiger partial charge in [0, 0.05) is 32.2 Å². The van der Waals surface area contributed by atoms with Crippen molar-refractivity contribution in [2.45, 2.75) is 84.9 Å². The molecule has 0 aliphatic rings. The molecule has 0 saturated heterocycles. The Morgan fingerprint density at radius 3 is 2.23 bits per heavy atom. The number of methoxy groups -OCH3 is 1. The Bertz CT molecular complexity index is 910. The quantitative estimate of drug-likeness (QED) is 0.152. The number of hydrogen-bond acceptors (Lipinski definition) is 7. The zero-order chi connectivity index (χ0) is 30.2. The van der Waals surface area contributed by atoms with Gasteiger partial charge in [0.25, 0.3) is 5.91 Å². The van der Waals surface area contributed by atoms with E-state index in [-0.39, 0.29) is 36.0 Å². The van der Waals surface area contributed by atoms with Crippen LogP contribution in [0.15, 0.2) is 24.3 Å². The summed E-state index contributed by atoms with van der Waals surface area (Å²) >= 11 is 0. The van der Waals surface area contributed by atoms with E-state index < -0.39 is 30.0 Å². The van der Waals surface area contributed by atoms with Gasteiger partial charge in [0.05, 0.1) is 18.3 Å². The maximum atomic E-state index is 13.0. The van der Waals surface area contributed by atoms with Crippen LogP contribution in [0.25, 0.3) is 0 Å². The van der Waals surface area contributed by atoms with Crippen LogP contribution in [-0.2, 0) is 14.3 Å². The van der Waals surface area contributed by atoms with Crippen molar-refractivity contribution in [1.29, 1.82) is 0 Å². The number of hydrogen-bond donors (Lipinski definition) is 5. The number of benzene rings is 1. The summed E-state index contributed by atoms with van der Waals surface area (Å²) in [7, 11) is 1.66. The molecule has 10 heteroatoms. The number of nitrogens with two attached hydrogens (primary N) is 2. The molecular weight excluding hydrogens is 512 g/mol. The second kappa shape index (κ2) is 18.6. The third kappa shape index (κ3) is 12.2. The smallest absolute Gasteiger partial charge is 0.255 e. The summed E-state index contributed by atoms with van der Waals surface area (Å²) in [4.78, 5) is 37.5. The number of carbonyl (C=O) groups is 3. The molecule has 40 heavy (non-hydrogen) atoms. The average molecular weight is 565 g/mol. The zero-order valence-corrected chi connectivity index (χ0v) is 25.2. The molecule has 0 fully saturated rings. The maximum Gasteiger partial charge on any atom is 0.255 e. The molecule has 0 radical (unpaired) electrons. The molecule has 0 spiro atoms. The summed E-state index contributed by atoms with van der Waals surface area (Å²) in [6.45, 7) is 11.2. The fourth-order valence-corrected chi connectivity index (χ4v) is 4.50. The fraction of sp³-hybridized carbons (Fsp3) is 0.700. The number of carbonyl (C=O) groups excluding carboxylic acids is 3. The van der Waals surface area contributed by atoms with Gasteiger partial charge in [0.2, 0.25) is 11.8 Å². The largest absolute Gasteiger partial charge is 0.493 e. The van der Waals surface area contributed by atoms with Crippen LogP contribution in [-0.4, -0.2) is 67.9 Å². The van der Waals surface area contributed by atoms with Crippen LogP contribution in [0.4, 0.5) is 0 Å². The molecule has 0 aromatic heterocycles. The summed E-state index contributed by atoms with van der Waals surface area (Å²) in [5.41, 5.74) is 12.3. The van der Waals surface area contributed by atoms with E-state index in [1.807, 2.05) is 33.8 Å². The zero-order valence-electron chi connectivity index (χ0n) is 25.2. The van der Waals surface area contributed by atoms with Crippen molar-refractivity contribution >= 4 is 17.7 Å². The number of unbranched alkanes of at least 4 members (excludes halogenated alkanes) is 1. The van der Waals surface area contributed by atoms with Gasteiger partial charge in [-0.3, -0.25) is 14.4 Å². The molecular formula is C30H52N4O6. The van der Waals surface area contributed by atoms with Crippen molar-refractivity contribution in [3.8, 4) is 5.75 Å². The fourth-order valence-electron chi connectivity index (χ4n) is 4.50. The Kier molecular flexibility index (Phi) is 16.4. The summed E-state index contributed by atoms with van der Waals surface area (Å²) in [6.07, 6.45) is 1.77. The first-order chi connectivity index (χ1) is 18.9. The van der Waals surface area contributed by atoms with E-state index in [1.54, 1.807) is 32.2 Å². The predicted octanol–water partition coefficient (Wildman–Crippen LogP) is 2.61. The van der Waals surface area contributed by atoms with Crippen LogP contribution in [0, 0.1) is 23.7 Å². The number of aliphatic hydroxyl groups excluding tert-OH is 1. The van der Waals surface area contributed by atoms with Crippen LogP contribution in [0.5, 0.6) is 5.75 Å². The molecule has 10 nitrogen and oxygen atoms in total. The van der Waals surface area contributed by atoms with Crippen LogP contribution >= 0.6 is 0 Å². The summed E-state index contributed by atoms with van der Waals surface area (Å²) in [5.74, 6) is -1.02. The normalized spacial score (nSPS) is 15.2. The van der Waals surface area contributed by atoms with Gasteiger partial charge in [-0.15, -0.1) is 0 Å². The van der Waals surface area contributed by atoms with E-state index in [0.29, 0.717) is 43.9 Å². The molecule has 7 N–H and O–H groups in total. The minimum absolute atomic E-state index is 0.00128. The van der Waals surface area contributed by atoms with Crippen molar-refractivity contribution < 1.29 is 29.0 Å².